The molecule has 0 spiro atoms. The second-order valence-corrected chi connectivity index (χ2v) is 5.40. The zero-order valence-corrected chi connectivity index (χ0v) is 12.4. The third kappa shape index (κ3) is 2.25. The minimum atomic E-state index is 0.845. The minimum absolute atomic E-state index is 0.845. The van der Waals surface area contributed by atoms with Gasteiger partial charge < -0.3 is 10.6 Å². The Kier molecular flexibility index (Phi) is 3.54. The third-order valence-electron chi connectivity index (χ3n) is 2.70. The quantitative estimate of drug-likeness (QED) is 0.819. The van der Waals surface area contributed by atoms with Crippen LogP contribution in [0.1, 0.15) is 11.1 Å². The number of hydrogen-bond donors (Lipinski definition) is 2. The van der Waals surface area contributed by atoms with Crippen LogP contribution >= 0.6 is 31.9 Å². The van der Waals surface area contributed by atoms with Gasteiger partial charge in [0.2, 0.25) is 0 Å². The second-order valence-electron chi connectivity index (χ2n) is 3.75. The number of anilines is 1. The highest BCUT2D eigenvalue weighted by Gasteiger charge is 2.11. The fourth-order valence-corrected chi connectivity index (χ4v) is 2.52. The summed E-state index contributed by atoms with van der Waals surface area (Å²) in [6.45, 7) is 5.96. The van der Waals surface area contributed by atoms with Crippen LogP contribution in [0.25, 0.3) is 0 Å². The number of nitrogens with zero attached hydrogens (tertiary/aromatic N) is 1. The van der Waals surface area contributed by atoms with Crippen molar-refractivity contribution in [3.8, 4) is 0 Å². The molecule has 0 atom stereocenters. The maximum Gasteiger partial charge on any atom is 0.195 e. The van der Waals surface area contributed by atoms with Gasteiger partial charge in [-0.1, -0.05) is 0 Å². The van der Waals surface area contributed by atoms with Gasteiger partial charge in [0.25, 0.3) is 0 Å². The van der Waals surface area contributed by atoms with Crippen molar-refractivity contribution in [2.75, 3.05) is 18.4 Å². The molecule has 0 fully saturated rings. The highest BCUT2D eigenvalue weighted by Crippen LogP contribution is 2.33. The molecule has 5 heteroatoms. The Bertz CT molecular complexity index is 455. The number of guanidine groups is 1. The molecule has 0 aliphatic carbocycles. The summed E-state index contributed by atoms with van der Waals surface area (Å²) >= 11 is 7.09. The predicted octanol–water partition coefficient (Wildman–Crippen LogP) is 3.20. The molecule has 1 aromatic rings. The van der Waals surface area contributed by atoms with Crippen LogP contribution in [0.4, 0.5) is 5.69 Å². The molecule has 16 heavy (non-hydrogen) atoms. The predicted molar refractivity (Wildman–Crippen MR) is 75.2 cm³/mol. The fraction of sp³-hybridized carbons (Fsp3) is 0.364. The van der Waals surface area contributed by atoms with Gasteiger partial charge in [-0.3, -0.25) is 4.99 Å². The Hall–Kier alpha value is -0.550. The van der Waals surface area contributed by atoms with Crippen LogP contribution in [-0.4, -0.2) is 19.0 Å². The molecule has 3 nitrogen and oxygen atoms in total. The van der Waals surface area contributed by atoms with Gasteiger partial charge in [-0.25, -0.2) is 0 Å². The smallest absolute Gasteiger partial charge is 0.195 e. The first-order valence-corrected chi connectivity index (χ1v) is 6.68. The summed E-state index contributed by atoms with van der Waals surface area (Å²) in [6.07, 6.45) is 0. The molecule has 86 valence electrons. The average molecular weight is 347 g/mol. The van der Waals surface area contributed by atoms with Crippen molar-refractivity contribution >= 4 is 43.5 Å². The standard InChI is InChI=1S/C11H13Br2N3/c1-6-7(2)10(13)8(12)5-9(6)16-11-14-3-4-15-11/h5H,3-4H2,1-2H3,(H2,14,15,16). The normalized spacial score (nSPS) is 14.6. The summed E-state index contributed by atoms with van der Waals surface area (Å²) in [4.78, 5) is 4.32. The van der Waals surface area contributed by atoms with Gasteiger partial charge in [-0.15, -0.1) is 0 Å². The maximum atomic E-state index is 4.32. The van der Waals surface area contributed by atoms with Crippen LogP contribution in [-0.2, 0) is 0 Å². The van der Waals surface area contributed by atoms with E-state index in [1.165, 1.54) is 11.1 Å². The van der Waals surface area contributed by atoms with Crippen LogP contribution in [0.3, 0.4) is 0 Å². The lowest BCUT2D eigenvalue weighted by molar-refractivity contribution is 0.959. The van der Waals surface area contributed by atoms with Crippen molar-refractivity contribution in [1.29, 1.82) is 0 Å². The molecule has 0 radical (unpaired) electrons. The van der Waals surface area contributed by atoms with Gasteiger partial charge in [-0.05, 0) is 62.9 Å². The fourth-order valence-electron chi connectivity index (χ4n) is 1.58. The van der Waals surface area contributed by atoms with Crippen molar-refractivity contribution in [1.82, 2.24) is 5.32 Å². The molecule has 0 saturated heterocycles. The first-order chi connectivity index (χ1) is 7.59. The van der Waals surface area contributed by atoms with E-state index in [0.717, 1.165) is 33.7 Å². The summed E-state index contributed by atoms with van der Waals surface area (Å²) in [5.74, 6) is 0.858. The molecule has 0 amide bonds. The monoisotopic (exact) mass is 345 g/mol. The van der Waals surface area contributed by atoms with Crippen LogP contribution < -0.4 is 10.6 Å². The highest BCUT2D eigenvalue weighted by molar-refractivity contribution is 9.13. The minimum Gasteiger partial charge on any atom is -0.354 e. The maximum absolute atomic E-state index is 4.32. The van der Waals surface area contributed by atoms with Gasteiger partial charge in [0.15, 0.2) is 5.96 Å². The molecule has 2 rings (SSSR count). The molecule has 1 aromatic carbocycles. The SMILES string of the molecule is Cc1c(NC2=NCCN2)cc(Br)c(Br)c1C. The van der Waals surface area contributed by atoms with E-state index in [0.29, 0.717) is 0 Å². The lowest BCUT2D eigenvalue weighted by atomic mass is 10.1. The lowest BCUT2D eigenvalue weighted by Crippen LogP contribution is -2.26. The molecule has 1 aliphatic rings. The number of aliphatic imine (C=N–C) groups is 1. The van der Waals surface area contributed by atoms with Crippen molar-refractivity contribution in [3.63, 3.8) is 0 Å². The first kappa shape index (κ1) is 11.9. The number of benzene rings is 1. The summed E-state index contributed by atoms with van der Waals surface area (Å²) in [5, 5.41) is 6.50. The van der Waals surface area contributed by atoms with Gasteiger partial charge in [0, 0.05) is 21.2 Å². The van der Waals surface area contributed by atoms with E-state index in [4.69, 9.17) is 0 Å². The Labute approximate surface area is 112 Å². The third-order valence-corrected chi connectivity index (χ3v) is 4.88. The molecular weight excluding hydrogens is 334 g/mol. The topological polar surface area (TPSA) is 36.4 Å². The number of nitrogens with one attached hydrogen (secondary N) is 2. The Balaban J connectivity index is 2.34. The summed E-state index contributed by atoms with van der Waals surface area (Å²) in [5.41, 5.74) is 3.54. The molecule has 0 saturated carbocycles. The van der Waals surface area contributed by atoms with E-state index in [9.17, 15) is 0 Å². The first-order valence-electron chi connectivity index (χ1n) is 5.10. The summed E-state index contributed by atoms with van der Waals surface area (Å²) < 4.78 is 2.16. The van der Waals surface area contributed by atoms with Crippen LogP contribution in [0.15, 0.2) is 20.0 Å². The van der Waals surface area contributed by atoms with Crippen molar-refractivity contribution in [2.45, 2.75) is 13.8 Å². The Morgan fingerprint density at radius 1 is 1.31 bits per heavy atom. The van der Waals surface area contributed by atoms with E-state index in [2.05, 4.69) is 67.4 Å². The van der Waals surface area contributed by atoms with Crippen LogP contribution in [0.5, 0.6) is 0 Å². The molecule has 0 bridgehead atoms. The van der Waals surface area contributed by atoms with E-state index in [1.54, 1.807) is 0 Å². The zero-order chi connectivity index (χ0) is 11.7. The Morgan fingerprint density at radius 3 is 2.69 bits per heavy atom. The van der Waals surface area contributed by atoms with Gasteiger partial charge in [-0.2, -0.15) is 0 Å². The van der Waals surface area contributed by atoms with Crippen LogP contribution in [0, 0.1) is 13.8 Å². The van der Waals surface area contributed by atoms with Crippen molar-refractivity contribution in [3.05, 3.63) is 26.1 Å². The van der Waals surface area contributed by atoms with E-state index < -0.39 is 0 Å². The van der Waals surface area contributed by atoms with Crippen molar-refractivity contribution < 1.29 is 0 Å². The molecule has 0 aromatic heterocycles. The molecule has 1 aliphatic heterocycles. The molecular formula is C11H13Br2N3. The van der Waals surface area contributed by atoms with E-state index in [-0.39, 0.29) is 0 Å². The largest absolute Gasteiger partial charge is 0.354 e. The van der Waals surface area contributed by atoms with Crippen LogP contribution in [0.2, 0.25) is 0 Å². The zero-order valence-electron chi connectivity index (χ0n) is 9.19. The molecule has 1 heterocycles. The molecule has 0 unspecified atom stereocenters. The van der Waals surface area contributed by atoms with Gasteiger partial charge >= 0.3 is 0 Å². The lowest BCUT2D eigenvalue weighted by Gasteiger charge is -2.14. The molecule has 2 N–H and O–H groups in total. The Morgan fingerprint density at radius 2 is 2.06 bits per heavy atom. The highest BCUT2D eigenvalue weighted by atomic mass is 79.9. The van der Waals surface area contributed by atoms with E-state index in [1.807, 2.05) is 0 Å². The number of rotatable bonds is 1. The summed E-state index contributed by atoms with van der Waals surface area (Å²) in [7, 11) is 0. The van der Waals surface area contributed by atoms with E-state index >= 15 is 0 Å². The summed E-state index contributed by atoms with van der Waals surface area (Å²) in [6, 6.07) is 2.06. The van der Waals surface area contributed by atoms with Gasteiger partial charge in [0.05, 0.1) is 6.54 Å². The second kappa shape index (κ2) is 4.75. The number of halogens is 2. The van der Waals surface area contributed by atoms with Crippen molar-refractivity contribution in [2.24, 2.45) is 4.99 Å². The average Bonchev–Trinajstić information content (AvgIpc) is 2.76. The van der Waals surface area contributed by atoms with Gasteiger partial charge in [0.1, 0.15) is 0 Å². The number of hydrogen-bond acceptors (Lipinski definition) is 3.